The zero-order valence-electron chi connectivity index (χ0n) is 25.4. The maximum atomic E-state index is 13.7. The van der Waals surface area contributed by atoms with Crippen LogP contribution in [0.2, 0.25) is 0 Å². The summed E-state index contributed by atoms with van der Waals surface area (Å²) in [6.45, 7) is -0.0692. The van der Waals surface area contributed by atoms with Crippen molar-refractivity contribution in [3.05, 3.63) is 0 Å². The second kappa shape index (κ2) is 9.20. The molecule has 10 saturated carbocycles. The van der Waals surface area contributed by atoms with Gasteiger partial charge in [-0.15, -0.1) is 0 Å². The lowest BCUT2D eigenvalue weighted by Gasteiger charge is -2.58. The molecule has 0 aromatic carbocycles. The molecule has 44 heavy (non-hydrogen) atoms. The first kappa shape index (κ1) is 28.5. The van der Waals surface area contributed by atoms with Gasteiger partial charge in [0.25, 0.3) is 0 Å². The Morgan fingerprint density at radius 2 is 1.09 bits per heavy atom. The molecule has 1 saturated heterocycles. The fourth-order valence-corrected chi connectivity index (χ4v) is 13.3. The highest BCUT2D eigenvalue weighted by Gasteiger charge is 2.65. The largest absolute Gasteiger partial charge is 0.481 e. The number of esters is 2. The van der Waals surface area contributed by atoms with Gasteiger partial charge in [-0.3, -0.25) is 14.4 Å². The topological polar surface area (TPSA) is 149 Å². The highest BCUT2D eigenvalue weighted by molar-refractivity contribution is 5.78. The molecule has 9 atom stereocenters. The average Bonchev–Trinajstić information content (AvgIpc) is 3.59. The van der Waals surface area contributed by atoms with E-state index in [0.29, 0.717) is 55.8 Å². The van der Waals surface area contributed by atoms with E-state index >= 15 is 0 Å². The molecule has 10 bridgehead atoms. The summed E-state index contributed by atoms with van der Waals surface area (Å²) in [5.41, 5.74) is -2.86. The SMILES string of the molecule is O=C(O)C1CC2CC1CC21OC(COC(=O)C23CC4CC(CC(O)(C4)C2)C3)C(COC(=O)C23CC4CC(CC(O)(C4)C2)C3)O1. The number of aliphatic carboxylic acids is 1. The minimum atomic E-state index is -0.962. The number of fused-ring (bicyclic) bond motifs is 3. The van der Waals surface area contributed by atoms with Crippen molar-refractivity contribution in [3.63, 3.8) is 0 Å². The molecule has 1 heterocycles. The van der Waals surface area contributed by atoms with Crippen molar-refractivity contribution in [2.45, 2.75) is 126 Å². The number of carbonyl (C=O) groups is 3. The van der Waals surface area contributed by atoms with Crippen LogP contribution in [-0.4, -0.2) is 75.6 Å². The molecule has 11 rings (SSSR count). The molecule has 0 aromatic rings. The van der Waals surface area contributed by atoms with Crippen molar-refractivity contribution in [1.29, 1.82) is 0 Å². The van der Waals surface area contributed by atoms with Crippen molar-refractivity contribution in [1.82, 2.24) is 0 Å². The Hall–Kier alpha value is -1.75. The van der Waals surface area contributed by atoms with Gasteiger partial charge >= 0.3 is 17.9 Å². The maximum Gasteiger partial charge on any atom is 0.312 e. The predicted molar refractivity (Wildman–Crippen MR) is 150 cm³/mol. The molecule has 1 spiro atoms. The third-order valence-electron chi connectivity index (χ3n) is 14.0. The number of carbonyl (C=O) groups excluding carboxylic acids is 2. The van der Waals surface area contributed by atoms with E-state index in [-0.39, 0.29) is 37.0 Å². The number of hydrogen-bond donors (Lipinski definition) is 3. The number of aliphatic hydroxyl groups is 2. The fraction of sp³-hybridized carbons (Fsp3) is 0.912. The average molecular weight is 615 g/mol. The Kier molecular flexibility index (Phi) is 5.95. The number of carboxylic acid groups (broad SMARTS) is 1. The quantitative estimate of drug-likeness (QED) is 0.365. The molecular weight excluding hydrogens is 568 g/mol. The fourth-order valence-electron chi connectivity index (χ4n) is 13.3. The second-order valence-electron chi connectivity index (χ2n) is 17.3. The summed E-state index contributed by atoms with van der Waals surface area (Å²) in [7, 11) is 0. The standard InChI is InChI=1S/C34H46O10/c35-27(36)24-4-23-3-22(24)13-34(23)43-25(14-41-28(37)30-5-18-1-19(6-30)10-32(39,9-18)16-30)26(44-34)15-42-29(38)31-7-20-2-21(8-31)12-33(40,11-20)17-31/h18-26,39-40H,1-17H2,(H,35,36). The number of rotatable bonds is 7. The van der Waals surface area contributed by atoms with E-state index in [1.54, 1.807) is 0 Å². The monoisotopic (exact) mass is 614 g/mol. The van der Waals surface area contributed by atoms with Crippen molar-refractivity contribution in [2.24, 2.45) is 52.3 Å². The highest BCUT2D eigenvalue weighted by atomic mass is 16.8. The first-order valence-corrected chi connectivity index (χ1v) is 17.2. The van der Waals surface area contributed by atoms with E-state index in [1.807, 2.05) is 0 Å². The zero-order chi connectivity index (χ0) is 30.3. The van der Waals surface area contributed by atoms with E-state index in [1.165, 1.54) is 0 Å². The molecule has 11 aliphatic rings. The van der Waals surface area contributed by atoms with E-state index in [4.69, 9.17) is 18.9 Å². The molecule has 0 radical (unpaired) electrons. The van der Waals surface area contributed by atoms with E-state index in [2.05, 4.69) is 0 Å². The lowest BCUT2D eigenvalue weighted by atomic mass is 9.48. The van der Waals surface area contributed by atoms with Crippen LogP contribution in [0.3, 0.4) is 0 Å². The Labute approximate surface area is 257 Å². The smallest absolute Gasteiger partial charge is 0.312 e. The van der Waals surface area contributed by atoms with Gasteiger partial charge in [0.05, 0.1) is 27.9 Å². The Bertz CT molecular complexity index is 1170. The Balaban J connectivity index is 0.910. The van der Waals surface area contributed by atoms with Gasteiger partial charge in [-0.05, 0) is 119 Å². The van der Waals surface area contributed by atoms with Gasteiger partial charge in [-0.1, -0.05) is 0 Å². The van der Waals surface area contributed by atoms with Crippen molar-refractivity contribution >= 4 is 17.9 Å². The predicted octanol–water partition coefficient (Wildman–Crippen LogP) is 3.35. The molecule has 10 aliphatic carbocycles. The van der Waals surface area contributed by atoms with Gasteiger partial charge in [0, 0.05) is 12.3 Å². The van der Waals surface area contributed by atoms with Crippen LogP contribution < -0.4 is 0 Å². The third kappa shape index (κ3) is 4.22. The van der Waals surface area contributed by atoms with Crippen LogP contribution in [0.15, 0.2) is 0 Å². The van der Waals surface area contributed by atoms with Gasteiger partial charge < -0.3 is 34.3 Å². The van der Waals surface area contributed by atoms with Crippen LogP contribution in [0.1, 0.15) is 96.3 Å². The molecule has 242 valence electrons. The van der Waals surface area contributed by atoms with E-state index in [0.717, 1.165) is 64.2 Å². The Morgan fingerprint density at radius 1 is 0.636 bits per heavy atom. The minimum absolute atomic E-state index is 0.0346. The molecular formula is C34H46O10. The first-order valence-electron chi connectivity index (χ1n) is 17.2. The van der Waals surface area contributed by atoms with Crippen LogP contribution in [0.5, 0.6) is 0 Å². The summed E-state index contributed by atoms with van der Waals surface area (Å²) in [5.74, 6) is -1.39. The first-order chi connectivity index (χ1) is 20.9. The van der Waals surface area contributed by atoms with Crippen molar-refractivity contribution < 1.29 is 48.7 Å². The summed E-state index contributed by atoms with van der Waals surface area (Å²) in [4.78, 5) is 39.2. The molecule has 0 amide bonds. The van der Waals surface area contributed by atoms with Gasteiger partial charge in [-0.2, -0.15) is 0 Å². The lowest BCUT2D eigenvalue weighted by molar-refractivity contribution is -0.221. The number of hydrogen-bond acceptors (Lipinski definition) is 9. The maximum absolute atomic E-state index is 13.7. The molecule has 3 N–H and O–H groups in total. The van der Waals surface area contributed by atoms with Gasteiger partial charge in [0.2, 0.25) is 0 Å². The minimum Gasteiger partial charge on any atom is -0.481 e. The van der Waals surface area contributed by atoms with Crippen LogP contribution >= 0.6 is 0 Å². The van der Waals surface area contributed by atoms with Crippen LogP contribution in [0.4, 0.5) is 0 Å². The molecule has 1 aliphatic heterocycles. The van der Waals surface area contributed by atoms with E-state index < -0.39 is 51.9 Å². The summed E-state index contributed by atoms with van der Waals surface area (Å²) in [6.07, 6.45) is 9.55. The zero-order valence-corrected chi connectivity index (χ0v) is 25.4. The lowest BCUT2D eigenvalue weighted by Crippen LogP contribution is -2.59. The van der Waals surface area contributed by atoms with E-state index in [9.17, 15) is 29.7 Å². The van der Waals surface area contributed by atoms with Crippen molar-refractivity contribution in [2.75, 3.05) is 13.2 Å². The molecule has 10 heteroatoms. The summed E-state index contributed by atoms with van der Waals surface area (Å²) >= 11 is 0. The van der Waals surface area contributed by atoms with Crippen LogP contribution in [-0.2, 0) is 33.3 Å². The second-order valence-corrected chi connectivity index (χ2v) is 17.3. The van der Waals surface area contributed by atoms with Crippen LogP contribution in [0, 0.1) is 52.3 Å². The summed E-state index contributed by atoms with van der Waals surface area (Å²) in [6, 6.07) is 0. The molecule has 10 nitrogen and oxygen atoms in total. The summed E-state index contributed by atoms with van der Waals surface area (Å²) < 4.78 is 25.2. The van der Waals surface area contributed by atoms with Gasteiger partial charge in [0.1, 0.15) is 25.4 Å². The van der Waals surface area contributed by atoms with Crippen LogP contribution in [0.25, 0.3) is 0 Å². The van der Waals surface area contributed by atoms with Crippen molar-refractivity contribution in [3.8, 4) is 0 Å². The molecule has 11 fully saturated rings. The third-order valence-corrected chi connectivity index (χ3v) is 14.0. The summed E-state index contributed by atoms with van der Waals surface area (Å²) in [5, 5.41) is 32.0. The van der Waals surface area contributed by atoms with Gasteiger partial charge in [-0.25, -0.2) is 0 Å². The Morgan fingerprint density at radius 3 is 1.45 bits per heavy atom. The normalized spacial score (nSPS) is 55.6. The number of carboxylic acids is 1. The number of ether oxygens (including phenoxy) is 4. The molecule has 9 unspecified atom stereocenters. The molecule has 0 aromatic heterocycles. The van der Waals surface area contributed by atoms with Gasteiger partial charge in [0.15, 0.2) is 5.79 Å². The highest BCUT2D eigenvalue weighted by Crippen LogP contribution is 2.64.